The molecular formula is C24H28N2O2S. The number of thiazole rings is 1. The second kappa shape index (κ2) is 9.08. The molecule has 0 amide bonds. The third-order valence-corrected chi connectivity index (χ3v) is 6.92. The van der Waals surface area contributed by atoms with Crippen LogP contribution in [0.25, 0.3) is 21.0 Å². The van der Waals surface area contributed by atoms with Gasteiger partial charge in [0, 0.05) is 12.2 Å². The Morgan fingerprint density at radius 2 is 2.07 bits per heavy atom. The van der Waals surface area contributed by atoms with Crippen LogP contribution < -0.4 is 10.5 Å². The van der Waals surface area contributed by atoms with Crippen molar-refractivity contribution in [2.24, 2.45) is 5.73 Å². The van der Waals surface area contributed by atoms with Crippen molar-refractivity contribution < 1.29 is 9.84 Å². The third-order valence-electron chi connectivity index (χ3n) is 5.74. The van der Waals surface area contributed by atoms with E-state index in [0.29, 0.717) is 12.5 Å². The number of unbranched alkanes of at least 4 members (excludes halogenated alkanes) is 1. The van der Waals surface area contributed by atoms with E-state index in [9.17, 15) is 0 Å². The number of aliphatic hydroxyl groups is 1. The van der Waals surface area contributed by atoms with E-state index in [-0.39, 0.29) is 6.61 Å². The highest BCUT2D eigenvalue weighted by Crippen LogP contribution is 2.42. The smallest absolute Gasteiger partial charge is 0.124 e. The van der Waals surface area contributed by atoms with Gasteiger partial charge in [-0.15, -0.1) is 11.3 Å². The predicted molar refractivity (Wildman–Crippen MR) is 120 cm³/mol. The molecule has 0 fully saturated rings. The van der Waals surface area contributed by atoms with Crippen LogP contribution in [0.2, 0.25) is 0 Å². The number of rotatable bonds is 8. The summed E-state index contributed by atoms with van der Waals surface area (Å²) >= 11 is 1.77. The van der Waals surface area contributed by atoms with Crippen molar-refractivity contribution in [1.29, 1.82) is 0 Å². The van der Waals surface area contributed by atoms with Crippen LogP contribution in [0.1, 0.15) is 42.0 Å². The quantitative estimate of drug-likeness (QED) is 0.526. The minimum absolute atomic E-state index is 0.255. The molecule has 1 aromatic heterocycles. The zero-order valence-electron chi connectivity index (χ0n) is 16.9. The van der Waals surface area contributed by atoms with Crippen molar-refractivity contribution in [3.8, 4) is 26.8 Å². The van der Waals surface area contributed by atoms with E-state index in [2.05, 4.69) is 24.3 Å². The predicted octanol–water partition coefficient (Wildman–Crippen LogP) is 4.79. The van der Waals surface area contributed by atoms with Crippen LogP contribution in [-0.4, -0.2) is 30.4 Å². The Balaban J connectivity index is 1.62. The van der Waals surface area contributed by atoms with Gasteiger partial charge in [-0.25, -0.2) is 4.98 Å². The Kier molecular flexibility index (Phi) is 6.28. The van der Waals surface area contributed by atoms with E-state index in [1.165, 1.54) is 27.3 Å². The fourth-order valence-corrected chi connectivity index (χ4v) is 5.25. The summed E-state index contributed by atoms with van der Waals surface area (Å²) in [5.74, 6) is 1.22. The lowest BCUT2D eigenvalue weighted by atomic mass is 9.87. The second-order valence-electron chi connectivity index (χ2n) is 7.60. The van der Waals surface area contributed by atoms with Crippen LogP contribution in [0.4, 0.5) is 0 Å². The molecule has 152 valence electrons. The first kappa shape index (κ1) is 20.1. The molecule has 3 N–H and O–H groups in total. The number of benzene rings is 2. The summed E-state index contributed by atoms with van der Waals surface area (Å²) in [4.78, 5) is 6.23. The molecule has 2 aromatic carbocycles. The van der Waals surface area contributed by atoms with Gasteiger partial charge < -0.3 is 15.6 Å². The van der Waals surface area contributed by atoms with Gasteiger partial charge in [-0.1, -0.05) is 36.8 Å². The fraction of sp³-hybridized carbons (Fsp3) is 0.375. The molecule has 5 heteroatoms. The highest BCUT2D eigenvalue weighted by Gasteiger charge is 2.23. The topological polar surface area (TPSA) is 68.4 Å². The van der Waals surface area contributed by atoms with Gasteiger partial charge in [0.15, 0.2) is 0 Å². The standard InChI is InChI=1S/C24H28N2O2S/c1-28-20-7-4-6-18(14-20)24-26-22-11-9-17-13-16(8-10-21(17)23(22)29-24)19(15-25)5-2-3-12-27/h4,6-8,10,13-14,19,27H,2-3,5,9,11-12,15,25H2,1H3/t19-/m0/s1. The Morgan fingerprint density at radius 3 is 2.86 bits per heavy atom. The summed E-state index contributed by atoms with van der Waals surface area (Å²) in [5, 5.41) is 10.1. The van der Waals surface area contributed by atoms with Crippen molar-refractivity contribution in [3.63, 3.8) is 0 Å². The number of aromatic nitrogens is 1. The molecule has 0 spiro atoms. The summed E-state index contributed by atoms with van der Waals surface area (Å²) in [5.41, 5.74) is 12.4. The molecule has 3 aromatic rings. The van der Waals surface area contributed by atoms with E-state index in [1.54, 1.807) is 18.4 Å². The van der Waals surface area contributed by atoms with E-state index >= 15 is 0 Å². The van der Waals surface area contributed by atoms with E-state index in [0.717, 1.165) is 48.4 Å². The molecule has 0 aliphatic heterocycles. The summed E-state index contributed by atoms with van der Waals surface area (Å²) in [6, 6.07) is 14.9. The number of hydrogen-bond acceptors (Lipinski definition) is 5. The Hall–Kier alpha value is -2.21. The summed E-state index contributed by atoms with van der Waals surface area (Å²) in [6.45, 7) is 0.904. The lowest BCUT2D eigenvalue weighted by Crippen LogP contribution is -2.14. The van der Waals surface area contributed by atoms with Crippen molar-refractivity contribution in [2.75, 3.05) is 20.3 Å². The molecule has 0 saturated carbocycles. The number of ether oxygens (including phenoxy) is 1. The number of fused-ring (bicyclic) bond motifs is 3. The molecule has 0 unspecified atom stereocenters. The van der Waals surface area contributed by atoms with E-state index < -0.39 is 0 Å². The van der Waals surface area contributed by atoms with Crippen LogP contribution in [0, 0.1) is 0 Å². The van der Waals surface area contributed by atoms with E-state index in [4.69, 9.17) is 20.6 Å². The molecule has 1 aliphatic rings. The zero-order chi connectivity index (χ0) is 20.2. The molecule has 4 nitrogen and oxygen atoms in total. The van der Waals surface area contributed by atoms with Crippen LogP contribution in [0.3, 0.4) is 0 Å². The highest BCUT2D eigenvalue weighted by atomic mass is 32.1. The van der Waals surface area contributed by atoms with Crippen molar-refractivity contribution >= 4 is 11.3 Å². The summed E-state index contributed by atoms with van der Waals surface area (Å²) < 4.78 is 5.37. The number of nitrogens with zero attached hydrogens (tertiary/aromatic N) is 1. The largest absolute Gasteiger partial charge is 0.497 e. The number of hydrogen-bond donors (Lipinski definition) is 2. The van der Waals surface area contributed by atoms with Gasteiger partial charge in [0.1, 0.15) is 10.8 Å². The normalized spacial score (nSPS) is 13.6. The molecule has 0 bridgehead atoms. The fourth-order valence-electron chi connectivity index (χ4n) is 4.08. The Bertz CT molecular complexity index is 983. The van der Waals surface area contributed by atoms with E-state index in [1.807, 2.05) is 18.2 Å². The molecule has 0 radical (unpaired) electrons. The molecule has 29 heavy (non-hydrogen) atoms. The average molecular weight is 409 g/mol. The molecular weight excluding hydrogens is 380 g/mol. The number of aryl methyl sites for hydroxylation is 2. The molecule has 4 rings (SSSR count). The lowest BCUT2D eigenvalue weighted by Gasteiger charge is -2.20. The number of aliphatic hydroxyl groups excluding tert-OH is 1. The maximum absolute atomic E-state index is 9.04. The third kappa shape index (κ3) is 4.22. The first-order valence-corrected chi connectivity index (χ1v) is 11.1. The van der Waals surface area contributed by atoms with Crippen LogP contribution in [-0.2, 0) is 12.8 Å². The SMILES string of the molecule is COc1cccc(-c2nc3c(s2)-c2ccc([C@H](CN)CCCCO)cc2CC3)c1. The van der Waals surface area contributed by atoms with Crippen molar-refractivity contribution in [2.45, 2.75) is 38.0 Å². The van der Waals surface area contributed by atoms with Crippen LogP contribution in [0.15, 0.2) is 42.5 Å². The zero-order valence-corrected chi connectivity index (χ0v) is 17.7. The highest BCUT2D eigenvalue weighted by molar-refractivity contribution is 7.18. The minimum Gasteiger partial charge on any atom is -0.497 e. The minimum atomic E-state index is 0.255. The summed E-state index contributed by atoms with van der Waals surface area (Å²) in [7, 11) is 1.69. The lowest BCUT2D eigenvalue weighted by molar-refractivity contribution is 0.281. The van der Waals surface area contributed by atoms with Crippen LogP contribution in [0.5, 0.6) is 5.75 Å². The molecule has 1 aliphatic carbocycles. The van der Waals surface area contributed by atoms with Gasteiger partial charge >= 0.3 is 0 Å². The monoisotopic (exact) mass is 408 g/mol. The molecule has 0 saturated heterocycles. The number of nitrogens with two attached hydrogens (primary N) is 1. The molecule has 1 heterocycles. The Labute approximate surface area is 176 Å². The van der Waals surface area contributed by atoms with Gasteiger partial charge in [0.2, 0.25) is 0 Å². The van der Waals surface area contributed by atoms with Gasteiger partial charge in [-0.05, 0) is 67.0 Å². The first-order valence-electron chi connectivity index (χ1n) is 10.3. The van der Waals surface area contributed by atoms with Gasteiger partial charge in [0.05, 0.1) is 17.7 Å². The first-order chi connectivity index (χ1) is 14.2. The summed E-state index contributed by atoms with van der Waals surface area (Å²) in [6.07, 6.45) is 4.88. The van der Waals surface area contributed by atoms with Crippen molar-refractivity contribution in [1.82, 2.24) is 4.98 Å². The Morgan fingerprint density at radius 1 is 1.17 bits per heavy atom. The van der Waals surface area contributed by atoms with Gasteiger partial charge in [-0.2, -0.15) is 0 Å². The maximum atomic E-state index is 9.04. The average Bonchev–Trinajstić information content (AvgIpc) is 3.21. The molecule has 1 atom stereocenters. The number of methoxy groups -OCH3 is 1. The maximum Gasteiger partial charge on any atom is 0.124 e. The van der Waals surface area contributed by atoms with Crippen LogP contribution >= 0.6 is 11.3 Å². The van der Waals surface area contributed by atoms with Gasteiger partial charge in [0.25, 0.3) is 0 Å². The van der Waals surface area contributed by atoms with Gasteiger partial charge in [-0.3, -0.25) is 0 Å². The van der Waals surface area contributed by atoms with Crippen molar-refractivity contribution in [3.05, 3.63) is 59.3 Å². The second-order valence-corrected chi connectivity index (χ2v) is 8.59.